The van der Waals surface area contributed by atoms with Gasteiger partial charge < -0.3 is 0 Å². The SMILES string of the molecule is CC(I)C(C)[N+](=O)[O-]. The second-order valence-corrected chi connectivity index (χ2v) is 3.67. The molecule has 0 saturated heterocycles. The van der Waals surface area contributed by atoms with Crippen molar-refractivity contribution >= 4 is 22.6 Å². The molecule has 0 radical (unpaired) electrons. The summed E-state index contributed by atoms with van der Waals surface area (Å²) in [5.74, 6) is 0. The minimum absolute atomic E-state index is 0.114. The van der Waals surface area contributed by atoms with E-state index in [0.717, 1.165) is 0 Å². The number of halogens is 1. The second-order valence-electron chi connectivity index (χ2n) is 1.70. The maximum absolute atomic E-state index is 9.94. The molecule has 0 aromatic heterocycles. The zero-order valence-electron chi connectivity index (χ0n) is 4.80. The van der Waals surface area contributed by atoms with Gasteiger partial charge in [-0.05, 0) is 6.92 Å². The van der Waals surface area contributed by atoms with Crippen LogP contribution in [0, 0.1) is 10.1 Å². The fourth-order valence-corrected chi connectivity index (χ4v) is 0.430. The van der Waals surface area contributed by atoms with E-state index in [1.807, 2.05) is 29.5 Å². The van der Waals surface area contributed by atoms with Crippen molar-refractivity contribution in [2.75, 3.05) is 0 Å². The number of alkyl halides is 1. The molecular formula is C4H8INO2. The molecule has 0 aromatic carbocycles. The van der Waals surface area contributed by atoms with Crippen molar-refractivity contribution in [2.45, 2.75) is 23.8 Å². The molecule has 0 fully saturated rings. The average molecular weight is 229 g/mol. The first-order chi connectivity index (χ1) is 3.55. The lowest BCUT2D eigenvalue weighted by atomic mass is 10.3. The first-order valence-corrected chi connectivity index (χ1v) is 3.58. The first-order valence-electron chi connectivity index (χ1n) is 2.33. The van der Waals surface area contributed by atoms with Crippen LogP contribution in [0.1, 0.15) is 13.8 Å². The molecule has 0 aliphatic rings. The average Bonchev–Trinajstić information content (AvgIpc) is 1.64. The number of hydrogen-bond donors (Lipinski definition) is 0. The third-order valence-corrected chi connectivity index (χ3v) is 2.04. The fraction of sp³-hybridized carbons (Fsp3) is 1.00. The highest BCUT2D eigenvalue weighted by Gasteiger charge is 2.17. The van der Waals surface area contributed by atoms with E-state index in [1.54, 1.807) is 6.92 Å². The normalized spacial score (nSPS) is 17.4. The Morgan fingerprint density at radius 2 is 2.00 bits per heavy atom. The molecule has 0 amide bonds. The van der Waals surface area contributed by atoms with Crippen LogP contribution in [0.15, 0.2) is 0 Å². The molecule has 2 atom stereocenters. The summed E-state index contributed by atoms with van der Waals surface area (Å²) in [5, 5.41) is 9.94. The van der Waals surface area contributed by atoms with E-state index in [2.05, 4.69) is 0 Å². The molecule has 0 rings (SSSR count). The summed E-state index contributed by atoms with van der Waals surface area (Å²) < 4.78 is 0.114. The van der Waals surface area contributed by atoms with E-state index in [9.17, 15) is 10.1 Å². The smallest absolute Gasteiger partial charge is 0.221 e. The molecule has 0 aliphatic carbocycles. The lowest BCUT2D eigenvalue weighted by Crippen LogP contribution is -2.23. The van der Waals surface area contributed by atoms with Crippen molar-refractivity contribution in [1.29, 1.82) is 0 Å². The highest BCUT2D eigenvalue weighted by Crippen LogP contribution is 2.06. The molecule has 0 saturated carbocycles. The molecule has 48 valence electrons. The largest absolute Gasteiger partial charge is 0.264 e. The zero-order valence-corrected chi connectivity index (χ0v) is 6.95. The van der Waals surface area contributed by atoms with E-state index in [1.165, 1.54) is 0 Å². The van der Waals surface area contributed by atoms with E-state index in [4.69, 9.17) is 0 Å². The van der Waals surface area contributed by atoms with Gasteiger partial charge in [-0.25, -0.2) is 0 Å². The molecule has 2 unspecified atom stereocenters. The molecular weight excluding hydrogens is 221 g/mol. The quantitative estimate of drug-likeness (QED) is 0.311. The number of nitro groups is 1. The number of nitrogens with zero attached hydrogens (tertiary/aromatic N) is 1. The molecule has 0 aliphatic heterocycles. The molecule has 0 N–H and O–H groups in total. The lowest BCUT2D eigenvalue weighted by molar-refractivity contribution is -0.515. The number of rotatable bonds is 2. The Balaban J connectivity index is 3.64. The van der Waals surface area contributed by atoms with Crippen LogP contribution in [0.4, 0.5) is 0 Å². The van der Waals surface area contributed by atoms with Crippen LogP contribution in [0.25, 0.3) is 0 Å². The Morgan fingerprint density at radius 3 is 2.00 bits per heavy atom. The zero-order chi connectivity index (χ0) is 6.73. The molecule has 0 spiro atoms. The van der Waals surface area contributed by atoms with E-state index >= 15 is 0 Å². The molecule has 8 heavy (non-hydrogen) atoms. The molecule has 0 aromatic rings. The van der Waals surface area contributed by atoms with Crippen LogP contribution in [0.5, 0.6) is 0 Å². The van der Waals surface area contributed by atoms with Crippen molar-refractivity contribution < 1.29 is 4.92 Å². The Morgan fingerprint density at radius 1 is 1.62 bits per heavy atom. The maximum atomic E-state index is 9.94. The van der Waals surface area contributed by atoms with Gasteiger partial charge in [0.2, 0.25) is 6.04 Å². The standard InChI is InChI=1S/C4H8INO2/c1-3(5)4(2)6(7)8/h3-4H,1-2H3. The highest BCUT2D eigenvalue weighted by molar-refractivity contribution is 14.1. The summed E-state index contributed by atoms with van der Waals surface area (Å²) in [6.45, 7) is 3.44. The summed E-state index contributed by atoms with van der Waals surface area (Å²) >= 11 is 2.04. The third-order valence-electron chi connectivity index (χ3n) is 0.997. The van der Waals surface area contributed by atoms with E-state index in [0.29, 0.717) is 0 Å². The van der Waals surface area contributed by atoms with Crippen molar-refractivity contribution in [3.63, 3.8) is 0 Å². The van der Waals surface area contributed by atoms with E-state index in [-0.39, 0.29) is 8.85 Å². The van der Waals surface area contributed by atoms with Crippen molar-refractivity contribution in [3.8, 4) is 0 Å². The van der Waals surface area contributed by atoms with Gasteiger partial charge >= 0.3 is 0 Å². The Labute approximate surface area is 61.7 Å². The summed E-state index contributed by atoms with van der Waals surface area (Å²) in [4.78, 5) is 9.67. The lowest BCUT2D eigenvalue weighted by Gasteiger charge is -2.03. The minimum atomic E-state index is -0.421. The maximum Gasteiger partial charge on any atom is 0.221 e. The summed E-state index contributed by atoms with van der Waals surface area (Å²) in [6, 6.07) is -0.421. The van der Waals surface area contributed by atoms with Crippen LogP contribution in [0.3, 0.4) is 0 Å². The molecule has 0 bridgehead atoms. The van der Waals surface area contributed by atoms with Gasteiger partial charge in [0.25, 0.3) is 0 Å². The van der Waals surface area contributed by atoms with Gasteiger partial charge in [0.1, 0.15) is 0 Å². The third kappa shape index (κ3) is 2.44. The Bertz CT molecular complexity index is 94.0. The van der Waals surface area contributed by atoms with Crippen molar-refractivity contribution in [1.82, 2.24) is 0 Å². The predicted molar refractivity (Wildman–Crippen MR) is 39.9 cm³/mol. The van der Waals surface area contributed by atoms with Gasteiger partial charge in [-0.2, -0.15) is 0 Å². The van der Waals surface area contributed by atoms with Gasteiger partial charge in [-0.3, -0.25) is 10.1 Å². The Hall–Kier alpha value is 0.130. The van der Waals surface area contributed by atoms with Crippen LogP contribution in [-0.2, 0) is 0 Å². The summed E-state index contributed by atoms with van der Waals surface area (Å²) in [6.07, 6.45) is 0. The predicted octanol–water partition coefficient (Wildman–Crippen LogP) is 1.48. The van der Waals surface area contributed by atoms with Gasteiger partial charge in [0.15, 0.2) is 0 Å². The number of hydrogen-bond acceptors (Lipinski definition) is 2. The van der Waals surface area contributed by atoms with Crippen molar-refractivity contribution in [3.05, 3.63) is 10.1 Å². The molecule has 4 heteroatoms. The van der Waals surface area contributed by atoms with Crippen LogP contribution in [0.2, 0.25) is 0 Å². The van der Waals surface area contributed by atoms with Gasteiger partial charge in [-0.1, -0.05) is 22.6 Å². The second kappa shape index (κ2) is 3.21. The summed E-state index contributed by atoms with van der Waals surface area (Å²) in [5.41, 5.74) is 0. The minimum Gasteiger partial charge on any atom is -0.264 e. The van der Waals surface area contributed by atoms with Crippen LogP contribution in [-0.4, -0.2) is 14.9 Å². The topological polar surface area (TPSA) is 43.1 Å². The molecule has 0 heterocycles. The highest BCUT2D eigenvalue weighted by atomic mass is 127. The Kier molecular flexibility index (Phi) is 3.27. The first kappa shape index (κ1) is 8.13. The fourth-order valence-electron chi connectivity index (χ4n) is 0.168. The van der Waals surface area contributed by atoms with E-state index < -0.39 is 6.04 Å². The van der Waals surface area contributed by atoms with Crippen LogP contribution >= 0.6 is 22.6 Å². The molecule has 3 nitrogen and oxygen atoms in total. The van der Waals surface area contributed by atoms with Gasteiger partial charge in [0, 0.05) is 11.8 Å². The monoisotopic (exact) mass is 229 g/mol. The van der Waals surface area contributed by atoms with Gasteiger partial charge in [-0.15, -0.1) is 0 Å². The van der Waals surface area contributed by atoms with Gasteiger partial charge in [0.05, 0.1) is 3.92 Å². The van der Waals surface area contributed by atoms with Crippen molar-refractivity contribution in [2.24, 2.45) is 0 Å². The summed E-state index contributed by atoms with van der Waals surface area (Å²) in [7, 11) is 0. The van der Waals surface area contributed by atoms with Crippen LogP contribution < -0.4 is 0 Å².